The minimum absolute atomic E-state index is 0.208. The van der Waals surface area contributed by atoms with Crippen LogP contribution in [-0.2, 0) is 11.2 Å². The Bertz CT molecular complexity index is 915. The molecule has 1 aromatic rings. The number of hydrogen-bond acceptors (Lipinski definition) is 4. The number of aromatic nitrogens is 2. The molecular weight excluding hydrogens is 362 g/mol. The van der Waals surface area contributed by atoms with Gasteiger partial charge in [0.05, 0.1) is 22.1 Å². The summed E-state index contributed by atoms with van der Waals surface area (Å²) < 4.78 is 0. The highest BCUT2D eigenvalue weighted by Crippen LogP contribution is 2.25. The fourth-order valence-electron chi connectivity index (χ4n) is 3.78. The third-order valence-corrected chi connectivity index (χ3v) is 5.35. The summed E-state index contributed by atoms with van der Waals surface area (Å²) in [7, 11) is 0. The molecule has 3 rings (SSSR count). The van der Waals surface area contributed by atoms with Crippen molar-refractivity contribution in [3.8, 4) is 0 Å². The van der Waals surface area contributed by atoms with Gasteiger partial charge in [0.15, 0.2) is 0 Å². The number of hydrogen-bond donors (Lipinski definition) is 2. The van der Waals surface area contributed by atoms with Crippen molar-refractivity contribution in [2.24, 2.45) is 5.92 Å². The number of fused-ring (bicyclic) bond motifs is 1. The van der Waals surface area contributed by atoms with Crippen LogP contribution in [0.25, 0.3) is 12.2 Å². The summed E-state index contributed by atoms with van der Waals surface area (Å²) in [4.78, 5) is 20.8. The van der Waals surface area contributed by atoms with Crippen LogP contribution >= 0.6 is 0 Å². The Balaban J connectivity index is 1.81. The smallest absolute Gasteiger partial charge is 0.303 e. The molecule has 0 radical (unpaired) electrons. The third-order valence-electron chi connectivity index (χ3n) is 5.35. The zero-order chi connectivity index (χ0) is 20.5. The van der Waals surface area contributed by atoms with E-state index < -0.39 is 5.97 Å². The number of aliphatic carboxylic acids is 1. The monoisotopic (exact) mass is 393 g/mol. The minimum atomic E-state index is -0.738. The normalized spacial score (nSPS) is 20.3. The zero-order valence-electron chi connectivity index (χ0n) is 17.2. The first-order valence-electron chi connectivity index (χ1n) is 10.6. The summed E-state index contributed by atoms with van der Waals surface area (Å²) >= 11 is 0. The Kier molecular flexibility index (Phi) is 7.94. The molecule has 5 nitrogen and oxygen atoms in total. The molecule has 0 fully saturated rings. The van der Waals surface area contributed by atoms with Crippen LogP contribution < -0.4 is 16.0 Å². The van der Waals surface area contributed by atoms with Crippen molar-refractivity contribution in [2.75, 3.05) is 13.1 Å². The second-order valence-electron chi connectivity index (χ2n) is 7.68. The van der Waals surface area contributed by atoms with Crippen molar-refractivity contribution in [3.05, 3.63) is 58.5 Å². The van der Waals surface area contributed by atoms with Gasteiger partial charge >= 0.3 is 5.97 Å². The van der Waals surface area contributed by atoms with Crippen LogP contribution in [0.2, 0.25) is 0 Å². The fourth-order valence-corrected chi connectivity index (χ4v) is 3.78. The highest BCUT2D eigenvalue weighted by molar-refractivity contribution is 5.66. The molecule has 2 aliphatic rings. The predicted molar refractivity (Wildman–Crippen MR) is 117 cm³/mol. The number of carboxylic acid groups (broad SMARTS) is 1. The lowest BCUT2D eigenvalue weighted by Crippen LogP contribution is -2.39. The molecule has 2 N–H and O–H groups in total. The van der Waals surface area contributed by atoms with E-state index in [1.807, 2.05) is 6.92 Å². The highest BCUT2D eigenvalue weighted by atomic mass is 16.4. The van der Waals surface area contributed by atoms with E-state index in [1.165, 1.54) is 0 Å². The first-order valence-corrected chi connectivity index (χ1v) is 10.6. The molecular formula is C24H31N3O2. The lowest BCUT2D eigenvalue weighted by Gasteiger charge is -2.19. The van der Waals surface area contributed by atoms with Crippen molar-refractivity contribution in [1.29, 1.82) is 0 Å². The van der Waals surface area contributed by atoms with Gasteiger partial charge in [-0.15, -0.1) is 0 Å². The molecule has 0 aliphatic heterocycles. The summed E-state index contributed by atoms with van der Waals surface area (Å²) in [5.74, 6) is -0.0653. The van der Waals surface area contributed by atoms with Gasteiger partial charge < -0.3 is 10.4 Å². The molecule has 0 amide bonds. The summed E-state index contributed by atoms with van der Waals surface area (Å²) in [5, 5.41) is 14.3. The van der Waals surface area contributed by atoms with E-state index in [0.29, 0.717) is 12.3 Å². The van der Waals surface area contributed by atoms with E-state index in [9.17, 15) is 4.79 Å². The Hall–Kier alpha value is -2.53. The third kappa shape index (κ3) is 6.23. The van der Waals surface area contributed by atoms with Gasteiger partial charge in [0.2, 0.25) is 0 Å². The number of allylic oxidation sites excluding steroid dienone is 5. The molecule has 2 atom stereocenters. The average Bonchev–Trinajstić information content (AvgIpc) is 2.74. The maximum atomic E-state index is 10.8. The number of nitrogens with zero attached hydrogens (tertiary/aromatic N) is 2. The number of carbonyl (C=O) groups is 1. The van der Waals surface area contributed by atoms with Crippen LogP contribution in [0, 0.1) is 5.92 Å². The molecule has 0 bridgehead atoms. The van der Waals surface area contributed by atoms with Crippen molar-refractivity contribution in [1.82, 2.24) is 15.3 Å². The maximum Gasteiger partial charge on any atom is 0.303 e. The van der Waals surface area contributed by atoms with Gasteiger partial charge in [-0.2, -0.15) is 0 Å². The van der Waals surface area contributed by atoms with E-state index >= 15 is 0 Å². The molecule has 5 heteroatoms. The van der Waals surface area contributed by atoms with Crippen LogP contribution in [0.1, 0.15) is 56.3 Å². The van der Waals surface area contributed by atoms with Crippen molar-refractivity contribution >= 4 is 18.1 Å². The standard InChI is InChI=1S/C24H31N3O2/c1-2-3-15-25-17-18-13-14-20-22(16-18)26-21(11-7-8-12-23(28)29)24(27-20)19-9-5-4-6-10-19/h2-6,9,14,16,18-19,25H,7-8,10-13,15,17H2,1H3,(H,28,29)/b3-2+. The quantitative estimate of drug-likeness (QED) is 0.472. The molecule has 2 unspecified atom stereocenters. The van der Waals surface area contributed by atoms with Gasteiger partial charge in [-0.3, -0.25) is 4.79 Å². The SMILES string of the molecule is C/C=C/CNCC1C=c2nc(CCCCC(=O)O)c(C3C=CC=CC3)nc2=CC1. The number of rotatable bonds is 10. The highest BCUT2D eigenvalue weighted by Gasteiger charge is 2.18. The first-order chi connectivity index (χ1) is 14.2. The molecule has 29 heavy (non-hydrogen) atoms. The van der Waals surface area contributed by atoms with Gasteiger partial charge in [-0.1, -0.05) is 48.6 Å². The van der Waals surface area contributed by atoms with Crippen LogP contribution in [0.5, 0.6) is 0 Å². The molecule has 0 saturated carbocycles. The number of carboxylic acids is 1. The predicted octanol–water partition coefficient (Wildman–Crippen LogP) is 2.62. The second-order valence-corrected chi connectivity index (χ2v) is 7.68. The van der Waals surface area contributed by atoms with E-state index in [4.69, 9.17) is 15.1 Å². The molecule has 0 saturated heterocycles. The van der Waals surface area contributed by atoms with Gasteiger partial charge in [-0.05, 0) is 44.9 Å². The molecule has 0 spiro atoms. The zero-order valence-corrected chi connectivity index (χ0v) is 17.2. The van der Waals surface area contributed by atoms with Gasteiger partial charge in [0.1, 0.15) is 0 Å². The van der Waals surface area contributed by atoms with Gasteiger partial charge in [0, 0.05) is 25.4 Å². The van der Waals surface area contributed by atoms with Crippen LogP contribution in [0.3, 0.4) is 0 Å². The van der Waals surface area contributed by atoms with Crippen LogP contribution in [0.15, 0.2) is 36.5 Å². The van der Waals surface area contributed by atoms with Crippen molar-refractivity contribution in [2.45, 2.75) is 51.4 Å². The molecule has 1 heterocycles. The topological polar surface area (TPSA) is 75.1 Å². The molecule has 154 valence electrons. The average molecular weight is 394 g/mol. The number of aryl methyl sites for hydroxylation is 1. The van der Waals surface area contributed by atoms with E-state index in [0.717, 1.165) is 60.9 Å². The fraction of sp³-hybridized carbons (Fsp3) is 0.458. The molecule has 0 aromatic carbocycles. The molecule has 2 aliphatic carbocycles. The summed E-state index contributed by atoms with van der Waals surface area (Å²) in [6, 6.07) is 0. The maximum absolute atomic E-state index is 10.8. The molecule has 1 aromatic heterocycles. The Labute approximate surface area is 172 Å². The summed E-state index contributed by atoms with van der Waals surface area (Å²) in [6.07, 6.45) is 21.5. The van der Waals surface area contributed by atoms with Crippen molar-refractivity contribution < 1.29 is 9.90 Å². The summed E-state index contributed by atoms with van der Waals surface area (Å²) in [5.41, 5.74) is 2.07. The van der Waals surface area contributed by atoms with Crippen molar-refractivity contribution in [3.63, 3.8) is 0 Å². The van der Waals surface area contributed by atoms with E-state index in [2.05, 4.69) is 53.9 Å². The first kappa shape index (κ1) is 21.2. The number of unbranched alkanes of at least 4 members (excludes halogenated alkanes) is 1. The van der Waals surface area contributed by atoms with E-state index in [-0.39, 0.29) is 12.3 Å². The lowest BCUT2D eigenvalue weighted by molar-refractivity contribution is -0.137. The van der Waals surface area contributed by atoms with Gasteiger partial charge in [0.25, 0.3) is 0 Å². The second kappa shape index (κ2) is 10.9. The lowest BCUT2D eigenvalue weighted by atomic mass is 9.93. The Morgan fingerprint density at radius 1 is 1.24 bits per heavy atom. The Morgan fingerprint density at radius 2 is 2.14 bits per heavy atom. The largest absolute Gasteiger partial charge is 0.481 e. The summed E-state index contributed by atoms with van der Waals surface area (Å²) in [6.45, 7) is 3.84. The van der Waals surface area contributed by atoms with Crippen LogP contribution in [0.4, 0.5) is 0 Å². The minimum Gasteiger partial charge on any atom is -0.481 e. The number of nitrogens with one attached hydrogen (secondary N) is 1. The van der Waals surface area contributed by atoms with Crippen LogP contribution in [-0.4, -0.2) is 34.1 Å². The van der Waals surface area contributed by atoms with E-state index in [1.54, 1.807) is 0 Å². The van der Waals surface area contributed by atoms with Gasteiger partial charge in [-0.25, -0.2) is 9.97 Å². The Morgan fingerprint density at radius 3 is 2.90 bits per heavy atom.